The van der Waals surface area contributed by atoms with Gasteiger partial charge < -0.3 is 20.8 Å². The minimum Gasteiger partial charge on any atom is -0.478 e. The Bertz CT molecular complexity index is 402. The second-order valence-corrected chi connectivity index (χ2v) is 4.14. The largest absolute Gasteiger partial charge is 0.478 e. The summed E-state index contributed by atoms with van der Waals surface area (Å²) in [4.78, 5) is 11.0. The normalized spacial score (nSPS) is 21.1. The number of rotatable bonds is 4. The highest BCUT2D eigenvalue weighted by molar-refractivity contribution is 5.94. The number of carboxylic acid groups (broad SMARTS) is 1. The molecule has 1 aliphatic heterocycles. The Morgan fingerprint density at radius 3 is 2.88 bits per heavy atom. The van der Waals surface area contributed by atoms with Gasteiger partial charge in [0, 0.05) is 0 Å². The summed E-state index contributed by atoms with van der Waals surface area (Å²) in [6.07, 6.45) is 1.16. The van der Waals surface area contributed by atoms with Crippen LogP contribution in [-0.2, 0) is 0 Å². The van der Waals surface area contributed by atoms with Gasteiger partial charge in [-0.3, -0.25) is 0 Å². The van der Waals surface area contributed by atoms with E-state index in [1.807, 2.05) is 0 Å². The van der Waals surface area contributed by atoms with Gasteiger partial charge in [-0.25, -0.2) is 4.79 Å². The van der Waals surface area contributed by atoms with E-state index in [1.54, 1.807) is 18.2 Å². The fourth-order valence-corrected chi connectivity index (χ4v) is 2.04. The number of carboxylic acids is 1. The Labute approximate surface area is 99.5 Å². The number of aliphatic hydroxyl groups excluding tert-OH is 1. The van der Waals surface area contributed by atoms with Gasteiger partial charge in [0.2, 0.25) is 0 Å². The van der Waals surface area contributed by atoms with E-state index >= 15 is 0 Å². The standard InChI is InChI=1S/C12H16N2O3/c15-11(10-6-3-7-13-10)14-9-5-2-1-4-8(9)12(16)17/h1-2,4-5,10-11,13-15H,3,6-7H2,(H,16,17)/t10-,11?/m1/s1. The summed E-state index contributed by atoms with van der Waals surface area (Å²) in [6.45, 7) is 0.893. The van der Waals surface area contributed by atoms with Crippen molar-refractivity contribution in [3.8, 4) is 0 Å². The molecule has 17 heavy (non-hydrogen) atoms. The lowest BCUT2D eigenvalue weighted by Crippen LogP contribution is -2.40. The van der Waals surface area contributed by atoms with Crippen molar-refractivity contribution in [3.05, 3.63) is 29.8 Å². The molecule has 1 fully saturated rings. The van der Waals surface area contributed by atoms with E-state index in [0.29, 0.717) is 5.69 Å². The predicted octanol–water partition coefficient (Wildman–Crippen LogP) is 0.867. The van der Waals surface area contributed by atoms with Gasteiger partial charge in [0.25, 0.3) is 0 Å². The highest BCUT2D eigenvalue weighted by atomic mass is 16.4. The Morgan fingerprint density at radius 1 is 1.47 bits per heavy atom. The minimum atomic E-state index is -1.00. The molecule has 0 aromatic heterocycles. The van der Waals surface area contributed by atoms with Gasteiger partial charge in [-0.2, -0.15) is 0 Å². The SMILES string of the molecule is O=C(O)c1ccccc1NC(O)[C@H]1CCCN1. The Balaban J connectivity index is 2.09. The fraction of sp³-hybridized carbons (Fsp3) is 0.417. The number of aliphatic hydroxyl groups is 1. The molecule has 1 saturated heterocycles. The minimum absolute atomic E-state index is 0.0168. The van der Waals surface area contributed by atoms with Crippen LogP contribution in [0.25, 0.3) is 0 Å². The number of aromatic carboxylic acids is 1. The number of para-hydroxylation sites is 1. The van der Waals surface area contributed by atoms with Gasteiger partial charge in [-0.05, 0) is 31.5 Å². The molecular formula is C12H16N2O3. The maximum absolute atomic E-state index is 11.0. The summed E-state index contributed by atoms with van der Waals surface area (Å²) >= 11 is 0. The van der Waals surface area contributed by atoms with Crippen molar-refractivity contribution < 1.29 is 15.0 Å². The molecule has 5 heteroatoms. The second kappa shape index (κ2) is 5.16. The molecule has 4 N–H and O–H groups in total. The third kappa shape index (κ3) is 2.75. The van der Waals surface area contributed by atoms with Gasteiger partial charge in [-0.15, -0.1) is 0 Å². The average Bonchev–Trinajstić information content (AvgIpc) is 2.83. The number of benzene rings is 1. The van der Waals surface area contributed by atoms with Crippen LogP contribution in [0, 0.1) is 0 Å². The summed E-state index contributed by atoms with van der Waals surface area (Å²) in [5, 5.41) is 25.0. The lowest BCUT2D eigenvalue weighted by atomic mass is 10.1. The zero-order valence-electron chi connectivity index (χ0n) is 9.39. The van der Waals surface area contributed by atoms with E-state index in [4.69, 9.17) is 5.11 Å². The lowest BCUT2D eigenvalue weighted by Gasteiger charge is -2.21. The van der Waals surface area contributed by atoms with Crippen molar-refractivity contribution in [2.75, 3.05) is 11.9 Å². The van der Waals surface area contributed by atoms with Crippen LogP contribution in [-0.4, -0.2) is 35.0 Å². The van der Waals surface area contributed by atoms with Crippen molar-refractivity contribution in [1.29, 1.82) is 0 Å². The molecule has 0 radical (unpaired) electrons. The van der Waals surface area contributed by atoms with E-state index < -0.39 is 12.2 Å². The summed E-state index contributed by atoms with van der Waals surface area (Å²) in [5.74, 6) is -1.00. The molecule has 0 amide bonds. The summed E-state index contributed by atoms with van der Waals surface area (Å²) in [5.41, 5.74) is 0.616. The quantitative estimate of drug-likeness (QED) is 0.583. The molecular weight excluding hydrogens is 220 g/mol. The molecule has 1 aliphatic rings. The Hall–Kier alpha value is -1.59. The Kier molecular flexibility index (Phi) is 3.61. The Morgan fingerprint density at radius 2 is 2.24 bits per heavy atom. The summed E-state index contributed by atoms with van der Waals surface area (Å²) < 4.78 is 0. The van der Waals surface area contributed by atoms with Gasteiger partial charge in [0.1, 0.15) is 6.23 Å². The number of nitrogens with one attached hydrogen (secondary N) is 2. The zero-order valence-corrected chi connectivity index (χ0v) is 9.39. The smallest absolute Gasteiger partial charge is 0.337 e. The van der Waals surface area contributed by atoms with Crippen LogP contribution >= 0.6 is 0 Å². The van der Waals surface area contributed by atoms with Crippen molar-refractivity contribution >= 4 is 11.7 Å². The van der Waals surface area contributed by atoms with Crippen LogP contribution < -0.4 is 10.6 Å². The topological polar surface area (TPSA) is 81.6 Å². The summed E-state index contributed by atoms with van der Waals surface area (Å²) in [7, 11) is 0. The number of anilines is 1. The first-order valence-corrected chi connectivity index (χ1v) is 5.69. The molecule has 1 heterocycles. The third-order valence-corrected chi connectivity index (χ3v) is 2.94. The van der Waals surface area contributed by atoms with Crippen molar-refractivity contribution in [3.63, 3.8) is 0 Å². The fourth-order valence-electron chi connectivity index (χ4n) is 2.04. The van der Waals surface area contributed by atoms with Crippen molar-refractivity contribution in [2.45, 2.75) is 25.1 Å². The van der Waals surface area contributed by atoms with Crippen LogP contribution in [0.15, 0.2) is 24.3 Å². The molecule has 2 rings (SSSR count). The molecule has 0 saturated carbocycles. The molecule has 0 aliphatic carbocycles. The van der Waals surface area contributed by atoms with E-state index in [9.17, 15) is 9.90 Å². The molecule has 0 bridgehead atoms. The molecule has 5 nitrogen and oxygen atoms in total. The van der Waals surface area contributed by atoms with Gasteiger partial charge in [-0.1, -0.05) is 12.1 Å². The zero-order chi connectivity index (χ0) is 12.3. The number of hydrogen-bond acceptors (Lipinski definition) is 4. The average molecular weight is 236 g/mol. The van der Waals surface area contributed by atoms with Gasteiger partial charge in [0.15, 0.2) is 0 Å². The highest BCUT2D eigenvalue weighted by Gasteiger charge is 2.23. The van der Waals surface area contributed by atoms with E-state index in [1.165, 1.54) is 6.07 Å². The molecule has 1 aromatic rings. The summed E-state index contributed by atoms with van der Waals surface area (Å²) in [6, 6.07) is 6.55. The molecule has 2 atom stereocenters. The van der Waals surface area contributed by atoms with E-state index in [2.05, 4.69) is 10.6 Å². The maximum Gasteiger partial charge on any atom is 0.337 e. The predicted molar refractivity (Wildman–Crippen MR) is 64.1 cm³/mol. The van der Waals surface area contributed by atoms with Crippen LogP contribution in [0.1, 0.15) is 23.2 Å². The van der Waals surface area contributed by atoms with Crippen LogP contribution in [0.3, 0.4) is 0 Å². The van der Waals surface area contributed by atoms with E-state index in [-0.39, 0.29) is 11.6 Å². The lowest BCUT2D eigenvalue weighted by molar-refractivity contribution is 0.0697. The first-order chi connectivity index (χ1) is 8.18. The first-order valence-electron chi connectivity index (χ1n) is 5.69. The highest BCUT2D eigenvalue weighted by Crippen LogP contribution is 2.18. The second-order valence-electron chi connectivity index (χ2n) is 4.14. The maximum atomic E-state index is 11.0. The third-order valence-electron chi connectivity index (χ3n) is 2.94. The molecule has 92 valence electrons. The van der Waals surface area contributed by atoms with Crippen LogP contribution in [0.4, 0.5) is 5.69 Å². The number of hydrogen-bond donors (Lipinski definition) is 4. The molecule has 0 spiro atoms. The van der Waals surface area contributed by atoms with Gasteiger partial charge in [0.05, 0.1) is 17.3 Å². The van der Waals surface area contributed by atoms with Crippen LogP contribution in [0.5, 0.6) is 0 Å². The van der Waals surface area contributed by atoms with Crippen molar-refractivity contribution in [1.82, 2.24) is 5.32 Å². The van der Waals surface area contributed by atoms with Crippen molar-refractivity contribution in [2.24, 2.45) is 0 Å². The molecule has 1 unspecified atom stereocenters. The van der Waals surface area contributed by atoms with E-state index in [0.717, 1.165) is 19.4 Å². The van der Waals surface area contributed by atoms with Gasteiger partial charge >= 0.3 is 5.97 Å². The van der Waals surface area contributed by atoms with Crippen LogP contribution in [0.2, 0.25) is 0 Å². The monoisotopic (exact) mass is 236 g/mol. The number of carbonyl (C=O) groups is 1. The first kappa shape index (κ1) is 11.9. The molecule has 1 aromatic carbocycles.